The minimum atomic E-state index is -2.14. The fourth-order valence-corrected chi connectivity index (χ4v) is 3.87. The minimum absolute atomic E-state index is 0.00868. The van der Waals surface area contributed by atoms with Crippen LogP contribution in [-0.2, 0) is 29.6 Å². The predicted octanol–water partition coefficient (Wildman–Crippen LogP) is 2.11. The maximum atomic E-state index is 13.7. The van der Waals surface area contributed by atoms with Crippen LogP contribution in [-0.4, -0.2) is 69.4 Å². The van der Waals surface area contributed by atoms with Crippen molar-refractivity contribution in [2.24, 2.45) is 11.1 Å². The summed E-state index contributed by atoms with van der Waals surface area (Å²) in [6.45, 7) is 5.05. The number of H-pyrrole nitrogens is 1. The molecule has 4 rings (SSSR count). The number of aromatic amines is 1. The summed E-state index contributed by atoms with van der Waals surface area (Å²) in [5.41, 5.74) is 6.18. The highest BCUT2D eigenvalue weighted by molar-refractivity contribution is 5.85. The number of anilines is 1. The highest BCUT2D eigenvalue weighted by atomic mass is 19.1. The van der Waals surface area contributed by atoms with E-state index in [4.69, 9.17) is 25.1 Å². The molecule has 0 atom stereocenters. The number of carbonyl (C=O) groups is 2. The Kier molecular flexibility index (Phi) is 8.23. The molecule has 12 nitrogen and oxygen atoms in total. The summed E-state index contributed by atoms with van der Waals surface area (Å²) in [6.07, 6.45) is 1.68. The zero-order chi connectivity index (χ0) is 28.2. The van der Waals surface area contributed by atoms with Crippen molar-refractivity contribution in [1.82, 2.24) is 19.9 Å². The Balaban J connectivity index is 1.75. The average molecular weight is 543 g/mol. The minimum Gasteiger partial charge on any atom is -0.462 e. The van der Waals surface area contributed by atoms with Crippen LogP contribution in [0.2, 0.25) is 0 Å². The lowest BCUT2D eigenvalue weighted by Crippen LogP contribution is -2.56. The van der Waals surface area contributed by atoms with Gasteiger partial charge >= 0.3 is 11.8 Å². The van der Waals surface area contributed by atoms with Crippen LogP contribution in [0.5, 0.6) is 0 Å². The van der Waals surface area contributed by atoms with E-state index in [2.05, 4.69) is 25.3 Å². The first-order chi connectivity index (χ1) is 18.6. The van der Waals surface area contributed by atoms with Gasteiger partial charge in [0.15, 0.2) is 5.82 Å². The lowest BCUT2D eigenvalue weighted by molar-refractivity contribution is -0.294. The zero-order valence-electron chi connectivity index (χ0n) is 21.9. The molecule has 3 heterocycles. The highest BCUT2D eigenvalue weighted by Gasteiger charge is 2.54. The second-order valence-corrected chi connectivity index (χ2v) is 9.66. The Morgan fingerprint density at radius 1 is 1.21 bits per heavy atom. The van der Waals surface area contributed by atoms with Crippen molar-refractivity contribution >= 4 is 17.8 Å². The molecule has 0 unspecified atom stereocenters. The number of amides is 1. The molecule has 1 fully saturated rings. The molecule has 0 spiro atoms. The number of aliphatic hydroxyl groups excluding tert-OH is 1. The van der Waals surface area contributed by atoms with Gasteiger partial charge in [0.2, 0.25) is 5.95 Å². The first-order valence-electron chi connectivity index (χ1n) is 12.4. The number of nitrogens with one attached hydrogen (secondary N) is 2. The number of primary amides is 1. The van der Waals surface area contributed by atoms with E-state index in [1.54, 1.807) is 26.8 Å². The number of hydrogen-bond acceptors (Lipinski definition) is 10. The predicted molar refractivity (Wildman–Crippen MR) is 137 cm³/mol. The molecule has 2 aromatic heterocycles. The van der Waals surface area contributed by atoms with Crippen LogP contribution >= 0.6 is 0 Å². The van der Waals surface area contributed by atoms with Crippen LogP contribution < -0.4 is 11.1 Å². The number of hydrogen-bond donors (Lipinski definition) is 4. The largest absolute Gasteiger partial charge is 0.462 e. The van der Waals surface area contributed by atoms with Gasteiger partial charge in [-0.05, 0) is 57.5 Å². The van der Waals surface area contributed by atoms with Gasteiger partial charge in [0.25, 0.3) is 5.91 Å². The number of aliphatic hydroxyl groups is 1. The smallest absolute Gasteiger partial charge is 0.316 e. The molecule has 1 saturated heterocycles. The second kappa shape index (κ2) is 11.4. The topological polar surface area (TPSA) is 175 Å². The van der Waals surface area contributed by atoms with Crippen molar-refractivity contribution in [1.29, 1.82) is 0 Å². The van der Waals surface area contributed by atoms with Crippen molar-refractivity contribution in [2.75, 3.05) is 31.7 Å². The van der Waals surface area contributed by atoms with Gasteiger partial charge in [0.1, 0.15) is 11.2 Å². The van der Waals surface area contributed by atoms with Crippen molar-refractivity contribution in [3.63, 3.8) is 0 Å². The maximum absolute atomic E-state index is 13.7. The summed E-state index contributed by atoms with van der Waals surface area (Å²) >= 11 is 0. The Morgan fingerprint density at radius 2 is 1.90 bits per heavy atom. The van der Waals surface area contributed by atoms with E-state index < -0.39 is 28.9 Å². The molecule has 1 amide bonds. The number of ether oxygens (including phenoxy) is 3. The zero-order valence-corrected chi connectivity index (χ0v) is 21.9. The molecule has 1 aromatic carbocycles. The number of esters is 1. The fraction of sp³-hybridized carbons (Fsp3) is 0.423. The maximum Gasteiger partial charge on any atom is 0.316 e. The van der Waals surface area contributed by atoms with Gasteiger partial charge in [-0.2, -0.15) is 0 Å². The molecule has 0 radical (unpaired) electrons. The van der Waals surface area contributed by atoms with Crippen molar-refractivity contribution in [2.45, 2.75) is 39.1 Å². The summed E-state index contributed by atoms with van der Waals surface area (Å²) in [6, 6.07) is 7.23. The summed E-state index contributed by atoms with van der Waals surface area (Å²) < 4.78 is 30.7. The van der Waals surface area contributed by atoms with Gasteiger partial charge in [0.05, 0.1) is 36.4 Å². The molecular weight excluding hydrogens is 511 g/mol. The van der Waals surface area contributed by atoms with Crippen LogP contribution in [0.3, 0.4) is 0 Å². The van der Waals surface area contributed by atoms with Gasteiger partial charge in [-0.25, -0.2) is 19.3 Å². The van der Waals surface area contributed by atoms with Crippen LogP contribution in [0, 0.1) is 11.2 Å². The number of nitrogens with two attached hydrogens (primary N) is 1. The van der Waals surface area contributed by atoms with E-state index in [1.165, 1.54) is 30.5 Å². The molecule has 0 saturated carbocycles. The molecule has 208 valence electrons. The second-order valence-electron chi connectivity index (χ2n) is 9.66. The summed E-state index contributed by atoms with van der Waals surface area (Å²) in [4.78, 5) is 41.8. The lowest BCUT2D eigenvalue weighted by atomic mass is 9.91. The van der Waals surface area contributed by atoms with E-state index in [-0.39, 0.29) is 31.7 Å². The number of rotatable bonds is 10. The molecule has 0 aliphatic carbocycles. The number of imidazole rings is 1. The van der Waals surface area contributed by atoms with E-state index in [0.29, 0.717) is 41.6 Å². The third kappa shape index (κ3) is 5.90. The van der Waals surface area contributed by atoms with Gasteiger partial charge in [-0.1, -0.05) is 0 Å². The first kappa shape index (κ1) is 28.1. The third-order valence-corrected chi connectivity index (χ3v) is 6.01. The highest BCUT2D eigenvalue weighted by Crippen LogP contribution is 2.39. The molecule has 13 heteroatoms. The summed E-state index contributed by atoms with van der Waals surface area (Å²) in [5, 5.41) is 12.1. The summed E-state index contributed by atoms with van der Waals surface area (Å²) in [7, 11) is 0. The third-order valence-electron chi connectivity index (χ3n) is 6.01. The standard InChI is InChI=1S/C26H31FN6O6/c1-15(2)39-23(36)25(3)13-37-26(21(28)35,38-14-25)22-32-19(16-5-7-17(27)8-6-16)20(33-22)18-9-11-30-24(31-18)29-10-4-12-34/h5-9,11,15,34H,4,10,12-14H2,1-3H3,(H2,28,35)(H,32,33)(H,29,30,31). The van der Waals surface area contributed by atoms with Crippen LogP contribution in [0.25, 0.3) is 22.6 Å². The quantitative estimate of drug-likeness (QED) is 0.219. The number of benzene rings is 1. The Morgan fingerprint density at radius 3 is 2.51 bits per heavy atom. The van der Waals surface area contributed by atoms with Crippen molar-refractivity contribution < 1.29 is 33.3 Å². The van der Waals surface area contributed by atoms with E-state index >= 15 is 0 Å². The first-order valence-corrected chi connectivity index (χ1v) is 12.4. The summed E-state index contributed by atoms with van der Waals surface area (Å²) in [5.74, 6) is -3.87. The number of aromatic nitrogens is 4. The van der Waals surface area contributed by atoms with Crippen LogP contribution in [0.1, 0.15) is 33.0 Å². The normalized spacial score (nSPS) is 21.1. The Hall–Kier alpha value is -3.94. The van der Waals surface area contributed by atoms with Gasteiger partial charge in [-0.15, -0.1) is 0 Å². The van der Waals surface area contributed by atoms with E-state index in [9.17, 15) is 14.0 Å². The molecule has 3 aromatic rings. The van der Waals surface area contributed by atoms with Crippen molar-refractivity contribution in [3.05, 3.63) is 48.2 Å². The SMILES string of the molecule is CC(C)OC(=O)C1(C)COC(C(N)=O)(c2nc(-c3ccc(F)cc3)c(-c3ccnc(NCCCO)n3)[nH]2)OC1. The lowest BCUT2D eigenvalue weighted by Gasteiger charge is -2.40. The van der Waals surface area contributed by atoms with Crippen LogP contribution in [0.4, 0.5) is 10.3 Å². The molecule has 0 bridgehead atoms. The molecule has 1 aliphatic rings. The van der Waals surface area contributed by atoms with Gasteiger partial charge in [-0.3, -0.25) is 9.59 Å². The van der Waals surface area contributed by atoms with Gasteiger partial charge in [0, 0.05) is 24.9 Å². The van der Waals surface area contributed by atoms with E-state index in [0.717, 1.165) is 0 Å². The van der Waals surface area contributed by atoms with Gasteiger partial charge < -0.3 is 35.4 Å². The molecule has 39 heavy (non-hydrogen) atoms. The Labute approximate surface area is 224 Å². The van der Waals surface area contributed by atoms with E-state index in [1.807, 2.05) is 0 Å². The molecular formula is C26H31FN6O6. The molecule has 5 N–H and O–H groups in total. The van der Waals surface area contributed by atoms with Crippen molar-refractivity contribution in [3.8, 4) is 22.6 Å². The fourth-order valence-electron chi connectivity index (χ4n) is 3.87. The average Bonchev–Trinajstić information content (AvgIpc) is 3.35. The number of carbonyl (C=O) groups excluding carboxylic acids is 2. The number of halogens is 1. The number of nitrogens with zero attached hydrogens (tertiary/aromatic N) is 3. The Bertz CT molecular complexity index is 1320. The monoisotopic (exact) mass is 542 g/mol. The van der Waals surface area contributed by atoms with Crippen LogP contribution in [0.15, 0.2) is 36.5 Å². The molecule has 1 aliphatic heterocycles.